The SMILES string of the molecule is CC(N)c1cccc(-c2nccc(Nc3ccc4c(c3)C=NC4)n2)c1. The summed E-state index contributed by atoms with van der Waals surface area (Å²) in [6.45, 7) is 2.73. The number of aromatic nitrogens is 2. The molecule has 0 bridgehead atoms. The van der Waals surface area contributed by atoms with Crippen LogP contribution in [0.4, 0.5) is 11.5 Å². The van der Waals surface area contributed by atoms with Crippen LogP contribution in [0.5, 0.6) is 0 Å². The van der Waals surface area contributed by atoms with E-state index in [2.05, 4.69) is 32.4 Å². The average molecular weight is 329 g/mol. The molecule has 1 aromatic heterocycles. The predicted octanol–water partition coefficient (Wildman–Crippen LogP) is 3.84. The smallest absolute Gasteiger partial charge is 0.161 e. The molecule has 3 aromatic rings. The van der Waals surface area contributed by atoms with E-state index in [4.69, 9.17) is 5.73 Å². The number of nitrogens with zero attached hydrogens (tertiary/aromatic N) is 3. The molecule has 124 valence electrons. The summed E-state index contributed by atoms with van der Waals surface area (Å²) in [5.41, 5.74) is 11.4. The average Bonchev–Trinajstić information content (AvgIpc) is 3.10. The van der Waals surface area contributed by atoms with Gasteiger partial charge in [0.05, 0.1) is 6.54 Å². The zero-order valence-corrected chi connectivity index (χ0v) is 14.0. The molecule has 25 heavy (non-hydrogen) atoms. The minimum atomic E-state index is -0.0191. The fourth-order valence-electron chi connectivity index (χ4n) is 2.86. The van der Waals surface area contributed by atoms with Crippen molar-refractivity contribution < 1.29 is 0 Å². The maximum atomic E-state index is 5.97. The third kappa shape index (κ3) is 3.27. The Labute approximate surface area is 146 Å². The number of aliphatic imine (C=N–C) groups is 1. The van der Waals surface area contributed by atoms with E-state index in [9.17, 15) is 0 Å². The fraction of sp³-hybridized carbons (Fsp3) is 0.150. The van der Waals surface area contributed by atoms with Gasteiger partial charge in [-0.3, -0.25) is 4.99 Å². The molecule has 0 aliphatic carbocycles. The van der Waals surface area contributed by atoms with Crippen LogP contribution in [0, 0.1) is 0 Å². The van der Waals surface area contributed by atoms with Crippen LogP contribution in [0.2, 0.25) is 0 Å². The van der Waals surface area contributed by atoms with E-state index >= 15 is 0 Å². The first kappa shape index (κ1) is 15.5. The highest BCUT2D eigenvalue weighted by Gasteiger charge is 2.09. The van der Waals surface area contributed by atoms with Crippen molar-refractivity contribution in [3.63, 3.8) is 0 Å². The molecule has 1 unspecified atom stereocenters. The van der Waals surface area contributed by atoms with Crippen molar-refractivity contribution in [2.75, 3.05) is 5.32 Å². The molecule has 0 saturated heterocycles. The third-order valence-electron chi connectivity index (χ3n) is 4.24. The molecule has 0 fully saturated rings. The standard InChI is InChI=1S/C20H19N5/c1-13(21)14-3-2-4-15(9-14)20-23-8-7-19(25-20)24-18-6-5-16-11-22-12-17(16)10-18/h2-10,12-13H,11,21H2,1H3,(H,23,24,25). The van der Waals surface area contributed by atoms with Gasteiger partial charge in [0, 0.05) is 29.7 Å². The molecular formula is C20H19N5. The van der Waals surface area contributed by atoms with E-state index in [1.54, 1.807) is 6.20 Å². The second kappa shape index (κ2) is 6.45. The lowest BCUT2D eigenvalue weighted by atomic mass is 10.1. The Morgan fingerprint density at radius 1 is 1.12 bits per heavy atom. The van der Waals surface area contributed by atoms with Crippen molar-refractivity contribution in [1.82, 2.24) is 9.97 Å². The molecule has 0 amide bonds. The molecular weight excluding hydrogens is 310 g/mol. The Morgan fingerprint density at radius 3 is 2.92 bits per heavy atom. The number of rotatable bonds is 4. The van der Waals surface area contributed by atoms with Gasteiger partial charge < -0.3 is 11.1 Å². The Balaban J connectivity index is 1.61. The van der Waals surface area contributed by atoms with Crippen LogP contribution in [-0.2, 0) is 6.54 Å². The predicted molar refractivity (Wildman–Crippen MR) is 101 cm³/mol. The molecule has 2 heterocycles. The number of hydrogen-bond acceptors (Lipinski definition) is 5. The van der Waals surface area contributed by atoms with E-state index in [0.717, 1.165) is 34.7 Å². The highest BCUT2D eigenvalue weighted by Crippen LogP contribution is 2.24. The Bertz CT molecular complexity index is 946. The molecule has 5 heteroatoms. The molecule has 5 nitrogen and oxygen atoms in total. The number of hydrogen-bond donors (Lipinski definition) is 2. The van der Waals surface area contributed by atoms with Gasteiger partial charge in [-0.1, -0.05) is 24.3 Å². The van der Waals surface area contributed by atoms with E-state index in [0.29, 0.717) is 5.82 Å². The summed E-state index contributed by atoms with van der Waals surface area (Å²) in [5, 5.41) is 3.34. The molecule has 1 aliphatic heterocycles. The minimum Gasteiger partial charge on any atom is -0.340 e. The highest BCUT2D eigenvalue weighted by atomic mass is 15.0. The van der Waals surface area contributed by atoms with Crippen molar-refractivity contribution in [3.8, 4) is 11.4 Å². The Morgan fingerprint density at radius 2 is 2.04 bits per heavy atom. The van der Waals surface area contributed by atoms with Crippen LogP contribution >= 0.6 is 0 Å². The highest BCUT2D eigenvalue weighted by molar-refractivity contribution is 5.86. The largest absolute Gasteiger partial charge is 0.340 e. The van der Waals surface area contributed by atoms with Crippen LogP contribution < -0.4 is 11.1 Å². The van der Waals surface area contributed by atoms with Gasteiger partial charge in [0.2, 0.25) is 0 Å². The zero-order chi connectivity index (χ0) is 17.2. The summed E-state index contributed by atoms with van der Waals surface area (Å²) in [4.78, 5) is 13.3. The zero-order valence-electron chi connectivity index (χ0n) is 14.0. The van der Waals surface area contributed by atoms with Crippen molar-refractivity contribution in [3.05, 3.63) is 71.4 Å². The number of nitrogens with two attached hydrogens (primary N) is 1. The number of anilines is 2. The summed E-state index contributed by atoms with van der Waals surface area (Å²) in [6, 6.07) is 16.1. The summed E-state index contributed by atoms with van der Waals surface area (Å²) in [5.74, 6) is 1.43. The van der Waals surface area contributed by atoms with Crippen LogP contribution in [0.25, 0.3) is 11.4 Å². The number of nitrogens with one attached hydrogen (secondary N) is 1. The summed E-state index contributed by atoms with van der Waals surface area (Å²) in [7, 11) is 0. The molecule has 3 N–H and O–H groups in total. The fourth-order valence-corrected chi connectivity index (χ4v) is 2.86. The second-order valence-electron chi connectivity index (χ2n) is 6.19. The van der Waals surface area contributed by atoms with Crippen molar-refractivity contribution in [1.29, 1.82) is 0 Å². The van der Waals surface area contributed by atoms with Gasteiger partial charge in [0.1, 0.15) is 5.82 Å². The summed E-state index contributed by atoms with van der Waals surface area (Å²) < 4.78 is 0. The van der Waals surface area contributed by atoms with E-state index in [1.807, 2.05) is 49.5 Å². The molecule has 1 atom stereocenters. The van der Waals surface area contributed by atoms with Gasteiger partial charge in [-0.25, -0.2) is 9.97 Å². The molecule has 4 rings (SSSR count). The van der Waals surface area contributed by atoms with Gasteiger partial charge in [-0.05, 0) is 47.9 Å². The quantitative estimate of drug-likeness (QED) is 0.762. The van der Waals surface area contributed by atoms with Crippen LogP contribution in [0.3, 0.4) is 0 Å². The first-order chi connectivity index (χ1) is 12.2. The summed E-state index contributed by atoms with van der Waals surface area (Å²) >= 11 is 0. The normalized spacial score (nSPS) is 13.5. The number of fused-ring (bicyclic) bond motifs is 1. The second-order valence-corrected chi connectivity index (χ2v) is 6.19. The molecule has 1 aliphatic rings. The topological polar surface area (TPSA) is 76.2 Å². The van der Waals surface area contributed by atoms with Gasteiger partial charge in [0.25, 0.3) is 0 Å². The van der Waals surface area contributed by atoms with E-state index < -0.39 is 0 Å². The van der Waals surface area contributed by atoms with Gasteiger partial charge in [0.15, 0.2) is 5.82 Å². The third-order valence-corrected chi connectivity index (χ3v) is 4.24. The molecule has 0 spiro atoms. The van der Waals surface area contributed by atoms with Gasteiger partial charge in [-0.15, -0.1) is 0 Å². The molecule has 0 radical (unpaired) electrons. The van der Waals surface area contributed by atoms with E-state index in [-0.39, 0.29) is 6.04 Å². The monoisotopic (exact) mass is 329 g/mol. The maximum Gasteiger partial charge on any atom is 0.161 e. The number of benzene rings is 2. The lowest BCUT2D eigenvalue weighted by Crippen LogP contribution is -2.05. The minimum absolute atomic E-state index is 0.0191. The Kier molecular flexibility index (Phi) is 3.99. The Hall–Kier alpha value is -3.05. The molecule has 0 saturated carbocycles. The van der Waals surface area contributed by atoms with Crippen LogP contribution in [0.15, 0.2) is 59.7 Å². The van der Waals surface area contributed by atoms with Crippen LogP contribution in [-0.4, -0.2) is 16.2 Å². The van der Waals surface area contributed by atoms with Gasteiger partial charge >= 0.3 is 0 Å². The van der Waals surface area contributed by atoms with Crippen molar-refractivity contribution in [2.24, 2.45) is 10.7 Å². The summed E-state index contributed by atoms with van der Waals surface area (Å²) in [6.07, 6.45) is 3.67. The van der Waals surface area contributed by atoms with Crippen molar-refractivity contribution >= 4 is 17.7 Å². The first-order valence-corrected chi connectivity index (χ1v) is 8.28. The van der Waals surface area contributed by atoms with E-state index in [1.165, 1.54) is 5.56 Å². The first-order valence-electron chi connectivity index (χ1n) is 8.28. The van der Waals surface area contributed by atoms with Gasteiger partial charge in [-0.2, -0.15) is 0 Å². The maximum absolute atomic E-state index is 5.97. The van der Waals surface area contributed by atoms with Crippen LogP contribution in [0.1, 0.15) is 29.7 Å². The molecule has 2 aromatic carbocycles. The lowest BCUT2D eigenvalue weighted by Gasteiger charge is -2.10. The van der Waals surface area contributed by atoms with Crippen molar-refractivity contribution in [2.45, 2.75) is 19.5 Å². The lowest BCUT2D eigenvalue weighted by molar-refractivity contribution is 0.818.